The Morgan fingerprint density at radius 3 is 2.03 bits per heavy atom. The third-order valence-corrected chi connectivity index (χ3v) is 6.27. The summed E-state index contributed by atoms with van der Waals surface area (Å²) < 4.78 is 26.8. The number of unbranched alkanes of at least 4 members (excludes halogenated alkanes) is 3. The molecular formula is C22H41N5O3S. The molecule has 0 unspecified atom stereocenters. The smallest absolute Gasteiger partial charge is 0.240 e. The molecule has 0 aliphatic heterocycles. The number of hydrogen-bond acceptors (Lipinski definition) is 6. The molecule has 0 bridgehead atoms. The van der Waals surface area contributed by atoms with E-state index < -0.39 is 10.0 Å². The third-order valence-electron chi connectivity index (χ3n) is 4.79. The number of sulfonamides is 1. The predicted molar refractivity (Wildman–Crippen MR) is 126 cm³/mol. The molecule has 8 nitrogen and oxygen atoms in total. The van der Waals surface area contributed by atoms with Crippen LogP contribution in [0.1, 0.15) is 51.4 Å². The molecule has 1 amide bonds. The fourth-order valence-corrected chi connectivity index (χ4v) is 4.08. The lowest BCUT2D eigenvalue weighted by Crippen LogP contribution is -2.27. The van der Waals surface area contributed by atoms with E-state index in [9.17, 15) is 13.2 Å². The Labute approximate surface area is 188 Å². The molecule has 0 aromatic heterocycles. The van der Waals surface area contributed by atoms with Gasteiger partial charge >= 0.3 is 0 Å². The van der Waals surface area contributed by atoms with Gasteiger partial charge in [-0.2, -0.15) is 0 Å². The molecule has 0 heterocycles. The van der Waals surface area contributed by atoms with Crippen molar-refractivity contribution in [2.45, 2.75) is 56.3 Å². The number of amides is 1. The average molecular weight is 456 g/mol. The summed E-state index contributed by atoms with van der Waals surface area (Å²) in [6.07, 6.45) is 7.01. The first-order valence-electron chi connectivity index (χ1n) is 11.5. The van der Waals surface area contributed by atoms with Crippen molar-refractivity contribution in [2.75, 3.05) is 45.8 Å². The zero-order valence-electron chi connectivity index (χ0n) is 18.7. The molecule has 6 N–H and O–H groups in total. The lowest BCUT2D eigenvalue weighted by molar-refractivity contribution is -0.121. The highest BCUT2D eigenvalue weighted by Crippen LogP contribution is 2.07. The summed E-state index contributed by atoms with van der Waals surface area (Å²) >= 11 is 0. The summed E-state index contributed by atoms with van der Waals surface area (Å²) in [6.45, 7) is 5.75. The minimum absolute atomic E-state index is 0.0634. The SMILES string of the molecule is NCCCNCCCCNCCCNC(=O)CCCCCNS(=O)(=O)c1ccccc1. The van der Waals surface area contributed by atoms with Gasteiger partial charge in [-0.15, -0.1) is 0 Å². The molecule has 1 aromatic carbocycles. The largest absolute Gasteiger partial charge is 0.356 e. The van der Waals surface area contributed by atoms with Gasteiger partial charge in [-0.05, 0) is 83.4 Å². The van der Waals surface area contributed by atoms with Crippen molar-refractivity contribution in [1.29, 1.82) is 0 Å². The molecule has 0 aliphatic carbocycles. The van der Waals surface area contributed by atoms with Gasteiger partial charge in [0, 0.05) is 19.5 Å². The molecule has 31 heavy (non-hydrogen) atoms. The van der Waals surface area contributed by atoms with Crippen LogP contribution in [-0.4, -0.2) is 60.1 Å². The van der Waals surface area contributed by atoms with Crippen molar-refractivity contribution in [1.82, 2.24) is 20.7 Å². The topological polar surface area (TPSA) is 125 Å². The monoisotopic (exact) mass is 455 g/mol. The summed E-state index contributed by atoms with van der Waals surface area (Å²) in [4.78, 5) is 12.1. The Morgan fingerprint density at radius 1 is 0.742 bits per heavy atom. The van der Waals surface area contributed by atoms with E-state index in [0.717, 1.165) is 71.2 Å². The van der Waals surface area contributed by atoms with E-state index in [1.165, 1.54) is 0 Å². The molecule has 0 fully saturated rings. The first-order valence-corrected chi connectivity index (χ1v) is 13.0. The Balaban J connectivity index is 1.88. The Kier molecular flexibility index (Phi) is 16.1. The molecule has 1 aromatic rings. The first kappa shape index (κ1) is 27.5. The Morgan fingerprint density at radius 2 is 1.35 bits per heavy atom. The number of benzene rings is 1. The van der Waals surface area contributed by atoms with Crippen LogP contribution >= 0.6 is 0 Å². The molecule has 178 valence electrons. The van der Waals surface area contributed by atoms with Crippen LogP contribution < -0.4 is 26.4 Å². The summed E-state index contributed by atoms with van der Waals surface area (Å²) in [5, 5.41) is 9.70. The zero-order chi connectivity index (χ0) is 22.6. The van der Waals surface area contributed by atoms with Gasteiger partial charge in [0.05, 0.1) is 4.90 Å². The molecule has 0 aliphatic rings. The minimum atomic E-state index is -3.44. The van der Waals surface area contributed by atoms with Gasteiger partial charge in [0.1, 0.15) is 0 Å². The summed E-state index contributed by atoms with van der Waals surface area (Å²) in [7, 11) is -3.44. The minimum Gasteiger partial charge on any atom is -0.356 e. The highest BCUT2D eigenvalue weighted by atomic mass is 32.2. The lowest BCUT2D eigenvalue weighted by atomic mass is 10.2. The van der Waals surface area contributed by atoms with Gasteiger partial charge < -0.3 is 21.7 Å². The normalized spacial score (nSPS) is 11.5. The van der Waals surface area contributed by atoms with Crippen LogP contribution in [0.15, 0.2) is 35.2 Å². The number of carbonyl (C=O) groups is 1. The van der Waals surface area contributed by atoms with Gasteiger partial charge in [0.15, 0.2) is 0 Å². The molecule has 0 atom stereocenters. The molecule has 9 heteroatoms. The van der Waals surface area contributed by atoms with Gasteiger partial charge in [-0.3, -0.25) is 4.79 Å². The summed E-state index contributed by atoms with van der Waals surface area (Å²) in [6, 6.07) is 8.34. The Bertz CT molecular complexity index is 671. The van der Waals surface area contributed by atoms with Crippen LogP contribution in [0, 0.1) is 0 Å². The zero-order valence-corrected chi connectivity index (χ0v) is 19.5. The van der Waals surface area contributed by atoms with Crippen LogP contribution in [0.3, 0.4) is 0 Å². The highest BCUT2D eigenvalue weighted by molar-refractivity contribution is 7.89. The van der Waals surface area contributed by atoms with Crippen molar-refractivity contribution in [3.8, 4) is 0 Å². The second kappa shape index (κ2) is 18.1. The quantitative estimate of drug-likeness (QED) is 0.189. The maximum atomic E-state index is 12.1. The first-order chi connectivity index (χ1) is 15.1. The standard InChI is InChI=1S/C22H41N5O3S/c23-14-9-17-24-15-7-8-16-25-18-10-19-26-22(28)13-5-2-6-20-27-31(29,30)21-11-3-1-4-12-21/h1,3-4,11-12,24-25,27H,2,5-10,13-20,23H2,(H,26,28). The average Bonchev–Trinajstić information content (AvgIpc) is 2.77. The van der Waals surface area contributed by atoms with Crippen molar-refractivity contribution < 1.29 is 13.2 Å². The molecule has 1 rings (SSSR count). The maximum absolute atomic E-state index is 12.1. The van der Waals surface area contributed by atoms with Gasteiger partial charge in [0.2, 0.25) is 15.9 Å². The molecule has 0 radical (unpaired) electrons. The molecule has 0 saturated heterocycles. The maximum Gasteiger partial charge on any atom is 0.240 e. The van der Waals surface area contributed by atoms with E-state index in [1.807, 2.05) is 0 Å². The second-order valence-electron chi connectivity index (χ2n) is 7.57. The summed E-state index contributed by atoms with van der Waals surface area (Å²) in [5.41, 5.74) is 5.44. The van der Waals surface area contributed by atoms with E-state index in [0.29, 0.717) is 25.9 Å². The van der Waals surface area contributed by atoms with Crippen LogP contribution in [0.5, 0.6) is 0 Å². The fraction of sp³-hybridized carbons (Fsp3) is 0.682. The number of nitrogens with one attached hydrogen (secondary N) is 4. The van der Waals surface area contributed by atoms with Crippen molar-refractivity contribution in [3.05, 3.63) is 30.3 Å². The van der Waals surface area contributed by atoms with Crippen LogP contribution in [0.4, 0.5) is 0 Å². The Hall–Kier alpha value is -1.52. The number of hydrogen-bond donors (Lipinski definition) is 5. The highest BCUT2D eigenvalue weighted by Gasteiger charge is 2.11. The van der Waals surface area contributed by atoms with Crippen LogP contribution in [0.25, 0.3) is 0 Å². The van der Waals surface area contributed by atoms with Crippen LogP contribution in [0.2, 0.25) is 0 Å². The molecular weight excluding hydrogens is 414 g/mol. The lowest BCUT2D eigenvalue weighted by Gasteiger charge is -2.08. The van der Waals surface area contributed by atoms with Crippen molar-refractivity contribution in [3.63, 3.8) is 0 Å². The van der Waals surface area contributed by atoms with Crippen molar-refractivity contribution >= 4 is 15.9 Å². The predicted octanol–water partition coefficient (Wildman–Crippen LogP) is 1.34. The van der Waals surface area contributed by atoms with Gasteiger partial charge in [-0.1, -0.05) is 24.6 Å². The third kappa shape index (κ3) is 15.0. The number of rotatable bonds is 20. The second-order valence-corrected chi connectivity index (χ2v) is 9.34. The number of carbonyl (C=O) groups excluding carboxylic acids is 1. The van der Waals surface area contributed by atoms with E-state index in [4.69, 9.17) is 5.73 Å². The van der Waals surface area contributed by atoms with E-state index in [2.05, 4.69) is 20.7 Å². The molecule has 0 spiro atoms. The van der Waals surface area contributed by atoms with E-state index >= 15 is 0 Å². The van der Waals surface area contributed by atoms with Gasteiger partial charge in [-0.25, -0.2) is 13.1 Å². The van der Waals surface area contributed by atoms with Crippen LogP contribution in [-0.2, 0) is 14.8 Å². The number of nitrogens with two attached hydrogens (primary N) is 1. The van der Waals surface area contributed by atoms with Crippen molar-refractivity contribution in [2.24, 2.45) is 5.73 Å². The van der Waals surface area contributed by atoms with E-state index in [1.54, 1.807) is 30.3 Å². The fourth-order valence-electron chi connectivity index (χ4n) is 2.98. The molecule has 0 saturated carbocycles. The summed E-state index contributed by atoms with van der Waals surface area (Å²) in [5.74, 6) is 0.0634. The van der Waals surface area contributed by atoms with E-state index in [-0.39, 0.29) is 10.8 Å². The van der Waals surface area contributed by atoms with Gasteiger partial charge in [0.25, 0.3) is 0 Å².